The summed E-state index contributed by atoms with van der Waals surface area (Å²) in [7, 11) is 0. The molecule has 2 heteroatoms. The standard InChI is InChI=1S/C48H39NO/c1-48(2,3)46-44-22-10-11-23-45(44)50-47(46)40-19-13-21-43(33-40)49(42-20-12-18-39(32-42)35-16-8-5-9-17-35)41-30-28-38(29-31-41)37-26-24-36(25-27-37)34-14-6-4-7-15-34/h4-33H,1-3H3. The molecule has 0 bridgehead atoms. The molecule has 1 heterocycles. The number of rotatable bonds is 7. The average Bonchev–Trinajstić information content (AvgIpc) is 3.57. The number of anilines is 3. The zero-order valence-electron chi connectivity index (χ0n) is 28.7. The van der Waals surface area contributed by atoms with Crippen molar-refractivity contribution in [2.75, 3.05) is 4.90 Å². The summed E-state index contributed by atoms with van der Waals surface area (Å²) in [5, 5.41) is 1.17. The van der Waals surface area contributed by atoms with Crippen molar-refractivity contribution >= 4 is 28.0 Å². The highest BCUT2D eigenvalue weighted by atomic mass is 16.3. The maximum atomic E-state index is 6.62. The Labute approximate surface area is 294 Å². The fourth-order valence-electron chi connectivity index (χ4n) is 6.97. The van der Waals surface area contributed by atoms with Crippen LogP contribution >= 0.6 is 0 Å². The molecule has 0 aliphatic carbocycles. The molecule has 0 N–H and O–H groups in total. The molecule has 0 spiro atoms. The summed E-state index contributed by atoms with van der Waals surface area (Å²) < 4.78 is 6.62. The molecule has 242 valence electrons. The number of para-hydroxylation sites is 1. The van der Waals surface area contributed by atoms with Gasteiger partial charge >= 0.3 is 0 Å². The van der Waals surface area contributed by atoms with E-state index in [1.54, 1.807) is 0 Å². The van der Waals surface area contributed by atoms with Gasteiger partial charge < -0.3 is 9.32 Å². The second-order valence-corrected chi connectivity index (χ2v) is 13.8. The quantitative estimate of drug-likeness (QED) is 0.171. The molecule has 0 unspecified atom stereocenters. The molecule has 0 saturated carbocycles. The van der Waals surface area contributed by atoms with E-state index in [9.17, 15) is 0 Å². The third-order valence-electron chi connectivity index (χ3n) is 9.37. The van der Waals surface area contributed by atoms with Gasteiger partial charge in [0.25, 0.3) is 0 Å². The van der Waals surface area contributed by atoms with Crippen molar-refractivity contribution < 1.29 is 4.42 Å². The van der Waals surface area contributed by atoms with Crippen LogP contribution in [0.4, 0.5) is 17.1 Å². The normalized spacial score (nSPS) is 11.5. The van der Waals surface area contributed by atoms with Crippen molar-refractivity contribution in [3.05, 3.63) is 188 Å². The van der Waals surface area contributed by atoms with Gasteiger partial charge in [0.2, 0.25) is 0 Å². The summed E-state index contributed by atoms with van der Waals surface area (Å²) in [6, 6.07) is 64.7. The number of furan rings is 1. The zero-order valence-corrected chi connectivity index (χ0v) is 28.7. The predicted octanol–water partition coefficient (Wildman–Crippen LogP) is 13.9. The Hall–Kier alpha value is -6.12. The van der Waals surface area contributed by atoms with Crippen molar-refractivity contribution in [1.82, 2.24) is 0 Å². The highest BCUT2D eigenvalue weighted by Crippen LogP contribution is 2.44. The first-order valence-electron chi connectivity index (χ1n) is 17.3. The maximum Gasteiger partial charge on any atom is 0.139 e. The van der Waals surface area contributed by atoms with Crippen LogP contribution in [0.2, 0.25) is 0 Å². The Morgan fingerprint density at radius 2 is 0.820 bits per heavy atom. The van der Waals surface area contributed by atoms with Gasteiger partial charge in [0.1, 0.15) is 11.3 Å². The number of benzene rings is 7. The van der Waals surface area contributed by atoms with Gasteiger partial charge in [-0.3, -0.25) is 0 Å². The molecule has 0 fully saturated rings. The Balaban J connectivity index is 1.22. The van der Waals surface area contributed by atoms with Crippen molar-refractivity contribution in [3.63, 3.8) is 0 Å². The Kier molecular flexibility index (Phi) is 8.14. The summed E-state index contributed by atoms with van der Waals surface area (Å²) >= 11 is 0. The molecule has 2 nitrogen and oxygen atoms in total. The molecular weight excluding hydrogens is 607 g/mol. The van der Waals surface area contributed by atoms with Crippen molar-refractivity contribution in [2.24, 2.45) is 0 Å². The molecule has 0 amide bonds. The molecule has 0 aliphatic heterocycles. The largest absolute Gasteiger partial charge is 0.456 e. The van der Waals surface area contributed by atoms with Crippen LogP contribution in [0.25, 0.3) is 55.7 Å². The van der Waals surface area contributed by atoms with E-state index >= 15 is 0 Å². The highest BCUT2D eigenvalue weighted by Gasteiger charge is 2.26. The van der Waals surface area contributed by atoms with Crippen molar-refractivity contribution in [1.29, 1.82) is 0 Å². The van der Waals surface area contributed by atoms with Gasteiger partial charge in [-0.25, -0.2) is 0 Å². The van der Waals surface area contributed by atoms with Gasteiger partial charge in [-0.2, -0.15) is 0 Å². The fraction of sp³-hybridized carbons (Fsp3) is 0.0833. The minimum Gasteiger partial charge on any atom is -0.456 e. The first-order valence-corrected chi connectivity index (χ1v) is 17.3. The third-order valence-corrected chi connectivity index (χ3v) is 9.37. The maximum absolute atomic E-state index is 6.62. The zero-order chi connectivity index (χ0) is 34.1. The average molecular weight is 646 g/mol. The molecule has 0 saturated heterocycles. The van der Waals surface area contributed by atoms with Crippen LogP contribution in [0.5, 0.6) is 0 Å². The lowest BCUT2D eigenvalue weighted by atomic mass is 9.83. The molecule has 7 aromatic carbocycles. The number of hydrogen-bond donors (Lipinski definition) is 0. The molecule has 8 rings (SSSR count). The molecule has 0 radical (unpaired) electrons. The van der Waals surface area contributed by atoms with Gasteiger partial charge in [-0.1, -0.05) is 160 Å². The van der Waals surface area contributed by atoms with E-state index in [1.165, 1.54) is 44.3 Å². The lowest BCUT2D eigenvalue weighted by Gasteiger charge is -2.27. The molecule has 1 aromatic heterocycles. The van der Waals surface area contributed by atoms with E-state index in [-0.39, 0.29) is 5.41 Å². The third kappa shape index (κ3) is 6.13. The summed E-state index contributed by atoms with van der Waals surface area (Å²) in [5.41, 5.74) is 13.5. The minimum atomic E-state index is -0.100. The lowest BCUT2D eigenvalue weighted by molar-refractivity contribution is 0.568. The van der Waals surface area contributed by atoms with Gasteiger partial charge in [-0.15, -0.1) is 0 Å². The molecular formula is C48H39NO. The van der Waals surface area contributed by atoms with E-state index < -0.39 is 0 Å². The number of hydrogen-bond acceptors (Lipinski definition) is 2. The molecule has 8 aromatic rings. The van der Waals surface area contributed by atoms with Crippen LogP contribution in [0, 0.1) is 0 Å². The van der Waals surface area contributed by atoms with Gasteiger partial charge in [0.15, 0.2) is 0 Å². The summed E-state index contributed by atoms with van der Waals surface area (Å²) in [6.07, 6.45) is 0. The van der Waals surface area contributed by atoms with Crippen LogP contribution in [-0.2, 0) is 5.41 Å². The Morgan fingerprint density at radius 3 is 1.40 bits per heavy atom. The van der Waals surface area contributed by atoms with Crippen LogP contribution in [0.1, 0.15) is 26.3 Å². The molecule has 50 heavy (non-hydrogen) atoms. The second-order valence-electron chi connectivity index (χ2n) is 13.8. The number of nitrogens with zero attached hydrogens (tertiary/aromatic N) is 1. The highest BCUT2D eigenvalue weighted by molar-refractivity contribution is 5.90. The van der Waals surface area contributed by atoms with Crippen molar-refractivity contribution in [3.8, 4) is 44.7 Å². The van der Waals surface area contributed by atoms with Gasteiger partial charge in [0, 0.05) is 33.6 Å². The van der Waals surface area contributed by atoms with Crippen LogP contribution in [-0.4, -0.2) is 0 Å². The summed E-state index contributed by atoms with van der Waals surface area (Å²) in [4.78, 5) is 2.34. The summed E-state index contributed by atoms with van der Waals surface area (Å²) in [6.45, 7) is 6.78. The molecule has 0 atom stereocenters. The van der Waals surface area contributed by atoms with Crippen LogP contribution in [0.15, 0.2) is 186 Å². The fourth-order valence-corrected chi connectivity index (χ4v) is 6.97. The van der Waals surface area contributed by atoms with Crippen molar-refractivity contribution in [2.45, 2.75) is 26.2 Å². The first kappa shape index (κ1) is 31.2. The molecule has 0 aliphatic rings. The first-order chi connectivity index (χ1) is 24.4. The predicted molar refractivity (Wildman–Crippen MR) is 211 cm³/mol. The minimum absolute atomic E-state index is 0.100. The smallest absolute Gasteiger partial charge is 0.139 e. The van der Waals surface area contributed by atoms with E-state index in [0.29, 0.717) is 0 Å². The van der Waals surface area contributed by atoms with E-state index in [4.69, 9.17) is 4.42 Å². The number of fused-ring (bicyclic) bond motifs is 1. The topological polar surface area (TPSA) is 16.4 Å². The monoisotopic (exact) mass is 645 g/mol. The van der Waals surface area contributed by atoms with E-state index in [1.807, 2.05) is 6.07 Å². The summed E-state index contributed by atoms with van der Waals surface area (Å²) in [5.74, 6) is 0.924. The van der Waals surface area contributed by atoms with Gasteiger partial charge in [-0.05, 0) is 81.3 Å². The van der Waals surface area contributed by atoms with E-state index in [0.717, 1.165) is 34.0 Å². The van der Waals surface area contributed by atoms with Crippen LogP contribution < -0.4 is 4.90 Å². The SMILES string of the molecule is CC(C)(C)c1c(-c2cccc(N(c3ccc(-c4ccc(-c5ccccc5)cc4)cc3)c3cccc(-c4ccccc4)c3)c2)oc2ccccc12. The Morgan fingerprint density at radius 1 is 0.380 bits per heavy atom. The Bertz CT molecular complexity index is 2380. The van der Waals surface area contributed by atoms with E-state index in [2.05, 4.69) is 202 Å². The second kappa shape index (κ2) is 13.1. The van der Waals surface area contributed by atoms with Gasteiger partial charge in [0.05, 0.1) is 0 Å². The lowest BCUT2D eigenvalue weighted by Crippen LogP contribution is -2.12. The van der Waals surface area contributed by atoms with Crippen LogP contribution in [0.3, 0.4) is 0 Å².